The number of ether oxygens (including phenoxy) is 1. The van der Waals surface area contributed by atoms with Gasteiger partial charge in [-0.25, -0.2) is 18.6 Å². The second-order valence-electron chi connectivity index (χ2n) is 7.26. The predicted molar refractivity (Wildman–Crippen MR) is 116 cm³/mol. The summed E-state index contributed by atoms with van der Waals surface area (Å²) in [6.07, 6.45) is 0.146. The third-order valence-corrected chi connectivity index (χ3v) is 5.12. The van der Waals surface area contributed by atoms with Gasteiger partial charge < -0.3 is 15.0 Å². The molecule has 3 rings (SSSR count). The van der Waals surface area contributed by atoms with Gasteiger partial charge in [-0.1, -0.05) is 36.4 Å². The molecule has 9 heteroatoms. The fourth-order valence-electron chi connectivity index (χ4n) is 3.54. The van der Waals surface area contributed by atoms with Crippen molar-refractivity contribution in [3.8, 4) is 0 Å². The molecule has 32 heavy (non-hydrogen) atoms. The quantitative estimate of drug-likeness (QED) is 0.679. The van der Waals surface area contributed by atoms with Crippen LogP contribution >= 0.6 is 0 Å². The van der Waals surface area contributed by atoms with Crippen molar-refractivity contribution < 1.29 is 23.1 Å². The molecule has 2 aromatic rings. The van der Waals surface area contributed by atoms with Crippen LogP contribution in [0.5, 0.6) is 0 Å². The van der Waals surface area contributed by atoms with Crippen molar-refractivity contribution in [3.05, 3.63) is 71.3 Å². The molecule has 0 saturated heterocycles. The minimum Gasteiger partial charge on any atom is -0.383 e. The Morgan fingerprint density at radius 3 is 2.50 bits per heavy atom. The number of urea groups is 1. The zero-order chi connectivity index (χ0) is 23.1. The van der Waals surface area contributed by atoms with Gasteiger partial charge in [-0.15, -0.1) is 0 Å². The topological polar surface area (TPSA) is 74.2 Å². The van der Waals surface area contributed by atoms with Crippen LogP contribution in [0.15, 0.2) is 53.6 Å². The first-order valence-corrected chi connectivity index (χ1v) is 10.4. The van der Waals surface area contributed by atoms with Crippen LogP contribution in [0.1, 0.15) is 30.5 Å². The lowest BCUT2D eigenvalue weighted by Crippen LogP contribution is -2.47. The molecule has 7 nitrogen and oxygen atoms in total. The van der Waals surface area contributed by atoms with E-state index >= 15 is 0 Å². The lowest BCUT2D eigenvalue weighted by atomic mass is 9.97. The molecular formula is C23H26F2N4O3. The number of rotatable bonds is 8. The highest BCUT2D eigenvalue weighted by atomic mass is 19.1. The van der Waals surface area contributed by atoms with E-state index in [-0.39, 0.29) is 37.2 Å². The van der Waals surface area contributed by atoms with Crippen molar-refractivity contribution in [2.75, 3.05) is 33.4 Å². The van der Waals surface area contributed by atoms with Crippen molar-refractivity contribution in [1.82, 2.24) is 15.2 Å². The summed E-state index contributed by atoms with van der Waals surface area (Å²) in [6.45, 7) is 2.32. The zero-order valence-electron chi connectivity index (χ0n) is 18.1. The SMILES string of the molecule is CCNC(=O)N(CCOC)CC(=O)N1N=C(c2ccccc2F)C[C@@H]1c1ccccc1F. The maximum atomic E-state index is 14.6. The summed E-state index contributed by atoms with van der Waals surface area (Å²) in [6, 6.07) is 11.0. The minimum absolute atomic E-state index is 0.146. The molecule has 0 unspecified atom stereocenters. The number of nitrogens with one attached hydrogen (secondary N) is 1. The fraction of sp³-hybridized carbons (Fsp3) is 0.348. The van der Waals surface area contributed by atoms with Gasteiger partial charge in [-0.3, -0.25) is 4.79 Å². The molecule has 0 aliphatic carbocycles. The Kier molecular flexibility index (Phi) is 7.88. The molecule has 1 heterocycles. The highest BCUT2D eigenvalue weighted by molar-refractivity contribution is 6.03. The lowest BCUT2D eigenvalue weighted by molar-refractivity contribution is -0.133. The van der Waals surface area contributed by atoms with Crippen LogP contribution < -0.4 is 5.32 Å². The number of carbonyl (C=O) groups is 2. The van der Waals surface area contributed by atoms with Crippen LogP contribution in [0.3, 0.4) is 0 Å². The van der Waals surface area contributed by atoms with E-state index in [0.717, 1.165) is 5.01 Å². The molecule has 0 bridgehead atoms. The highest BCUT2D eigenvalue weighted by Crippen LogP contribution is 2.34. The van der Waals surface area contributed by atoms with Crippen molar-refractivity contribution in [2.45, 2.75) is 19.4 Å². The fourth-order valence-corrected chi connectivity index (χ4v) is 3.54. The average Bonchev–Trinajstić information content (AvgIpc) is 3.22. The van der Waals surface area contributed by atoms with Crippen LogP contribution in [0.4, 0.5) is 13.6 Å². The molecular weight excluding hydrogens is 418 g/mol. The Hall–Kier alpha value is -3.33. The molecule has 0 radical (unpaired) electrons. The summed E-state index contributed by atoms with van der Waals surface area (Å²) in [5.74, 6) is -1.47. The van der Waals surface area contributed by atoms with E-state index in [2.05, 4.69) is 10.4 Å². The summed E-state index contributed by atoms with van der Waals surface area (Å²) in [5.41, 5.74) is 0.868. The van der Waals surface area contributed by atoms with Gasteiger partial charge in [0.05, 0.1) is 18.4 Å². The lowest BCUT2D eigenvalue weighted by Gasteiger charge is -2.27. The highest BCUT2D eigenvalue weighted by Gasteiger charge is 2.36. The summed E-state index contributed by atoms with van der Waals surface area (Å²) < 4.78 is 34.0. The Balaban J connectivity index is 1.92. The van der Waals surface area contributed by atoms with Gasteiger partial charge in [-0.2, -0.15) is 5.10 Å². The molecule has 0 fully saturated rings. The maximum absolute atomic E-state index is 14.6. The number of benzene rings is 2. The smallest absolute Gasteiger partial charge is 0.317 e. The Morgan fingerprint density at radius 2 is 1.84 bits per heavy atom. The number of nitrogens with zero attached hydrogens (tertiary/aromatic N) is 3. The average molecular weight is 444 g/mol. The number of amides is 3. The van der Waals surface area contributed by atoms with Gasteiger partial charge in [-0.05, 0) is 19.1 Å². The molecule has 2 aromatic carbocycles. The normalized spacial score (nSPS) is 15.4. The standard InChI is InChI=1S/C23H26F2N4O3/c1-3-26-23(31)28(12-13-32-2)15-22(30)29-21(17-9-5-7-11-19(17)25)14-20(27-29)16-8-4-6-10-18(16)24/h4-11,21H,3,12-15H2,1-2H3,(H,26,31)/t21-/m1/s1. The molecule has 1 atom stereocenters. The first-order chi connectivity index (χ1) is 15.5. The van der Waals surface area contributed by atoms with Crippen LogP contribution in [0.2, 0.25) is 0 Å². The molecule has 1 aliphatic rings. The third kappa shape index (κ3) is 5.28. The van der Waals surface area contributed by atoms with Crippen molar-refractivity contribution >= 4 is 17.6 Å². The van der Waals surface area contributed by atoms with Gasteiger partial charge in [0.25, 0.3) is 5.91 Å². The monoisotopic (exact) mass is 444 g/mol. The number of hydrogen-bond donors (Lipinski definition) is 1. The minimum atomic E-state index is -0.753. The Bertz CT molecular complexity index is 999. The van der Waals surface area contributed by atoms with Gasteiger partial charge in [0.1, 0.15) is 18.2 Å². The molecule has 0 spiro atoms. The second-order valence-corrected chi connectivity index (χ2v) is 7.26. The van der Waals surface area contributed by atoms with Crippen LogP contribution in [0.25, 0.3) is 0 Å². The molecule has 3 amide bonds. The van der Waals surface area contributed by atoms with Crippen LogP contribution in [-0.2, 0) is 9.53 Å². The number of methoxy groups -OCH3 is 1. The van der Waals surface area contributed by atoms with E-state index < -0.39 is 29.6 Å². The first-order valence-electron chi connectivity index (χ1n) is 10.4. The number of hydrogen-bond acceptors (Lipinski definition) is 4. The summed E-state index contributed by atoms with van der Waals surface area (Å²) in [5, 5.41) is 8.17. The third-order valence-electron chi connectivity index (χ3n) is 5.12. The van der Waals surface area contributed by atoms with Crippen molar-refractivity contribution in [2.24, 2.45) is 5.10 Å². The van der Waals surface area contributed by atoms with Gasteiger partial charge in [0, 0.05) is 37.7 Å². The number of hydrazone groups is 1. The summed E-state index contributed by atoms with van der Waals surface area (Å²) in [7, 11) is 1.50. The summed E-state index contributed by atoms with van der Waals surface area (Å²) >= 11 is 0. The van der Waals surface area contributed by atoms with Gasteiger partial charge in [0.2, 0.25) is 0 Å². The second kappa shape index (κ2) is 10.8. The van der Waals surface area contributed by atoms with Gasteiger partial charge in [0.15, 0.2) is 0 Å². The predicted octanol–water partition coefficient (Wildman–Crippen LogP) is 3.32. The van der Waals surface area contributed by atoms with E-state index in [1.54, 1.807) is 43.3 Å². The number of halogens is 2. The summed E-state index contributed by atoms with van der Waals surface area (Å²) in [4.78, 5) is 26.9. The molecule has 0 saturated carbocycles. The Morgan fingerprint density at radius 1 is 1.16 bits per heavy atom. The van der Waals surface area contributed by atoms with Crippen LogP contribution in [-0.4, -0.2) is 60.9 Å². The van der Waals surface area contributed by atoms with Crippen LogP contribution in [0, 0.1) is 11.6 Å². The van der Waals surface area contributed by atoms with E-state index in [1.807, 2.05) is 0 Å². The van der Waals surface area contributed by atoms with E-state index in [0.29, 0.717) is 12.3 Å². The molecule has 0 aromatic heterocycles. The largest absolute Gasteiger partial charge is 0.383 e. The van der Waals surface area contributed by atoms with Crippen molar-refractivity contribution in [3.63, 3.8) is 0 Å². The van der Waals surface area contributed by atoms with E-state index in [9.17, 15) is 18.4 Å². The Labute approximate surface area is 185 Å². The zero-order valence-corrected chi connectivity index (χ0v) is 18.1. The van der Waals surface area contributed by atoms with Gasteiger partial charge >= 0.3 is 6.03 Å². The van der Waals surface area contributed by atoms with Crippen molar-refractivity contribution in [1.29, 1.82) is 0 Å². The first kappa shape index (κ1) is 23.3. The van der Waals surface area contributed by atoms with E-state index in [1.165, 1.54) is 24.1 Å². The molecule has 1 N–H and O–H groups in total. The maximum Gasteiger partial charge on any atom is 0.317 e. The van der Waals surface area contributed by atoms with E-state index in [4.69, 9.17) is 4.74 Å². The molecule has 1 aliphatic heterocycles. The number of carbonyl (C=O) groups excluding carboxylic acids is 2. The molecule has 170 valence electrons.